The SMILES string of the molecule is C=C(Cl)CN1CC[C@@H](O)C1. The molecule has 58 valence electrons. The molecule has 1 fully saturated rings. The Morgan fingerprint density at radius 2 is 2.50 bits per heavy atom. The number of halogens is 1. The first-order valence-electron chi connectivity index (χ1n) is 3.42. The lowest BCUT2D eigenvalue weighted by Gasteiger charge is -2.12. The summed E-state index contributed by atoms with van der Waals surface area (Å²) in [6, 6.07) is 0. The summed E-state index contributed by atoms with van der Waals surface area (Å²) in [5.41, 5.74) is 0. The van der Waals surface area contributed by atoms with Crippen molar-refractivity contribution in [1.82, 2.24) is 4.90 Å². The Hall–Kier alpha value is -0.0500. The van der Waals surface area contributed by atoms with E-state index in [2.05, 4.69) is 11.5 Å². The summed E-state index contributed by atoms with van der Waals surface area (Å²) in [6.45, 7) is 5.97. The second-order valence-electron chi connectivity index (χ2n) is 2.69. The van der Waals surface area contributed by atoms with Crippen molar-refractivity contribution in [3.63, 3.8) is 0 Å². The molecule has 0 amide bonds. The monoisotopic (exact) mass is 161 g/mol. The van der Waals surface area contributed by atoms with Crippen molar-refractivity contribution >= 4 is 11.6 Å². The van der Waals surface area contributed by atoms with Gasteiger partial charge in [0, 0.05) is 24.7 Å². The molecule has 1 rings (SSSR count). The minimum Gasteiger partial charge on any atom is -0.392 e. The highest BCUT2D eigenvalue weighted by Crippen LogP contribution is 2.11. The first-order chi connectivity index (χ1) is 4.68. The predicted molar refractivity (Wildman–Crippen MR) is 42.1 cm³/mol. The molecule has 1 N–H and O–H groups in total. The molecule has 0 saturated carbocycles. The summed E-state index contributed by atoms with van der Waals surface area (Å²) < 4.78 is 0. The Labute approximate surface area is 66.1 Å². The number of aliphatic hydroxyl groups excluding tert-OH is 1. The standard InChI is InChI=1S/C7H12ClNO/c1-6(8)4-9-3-2-7(10)5-9/h7,10H,1-5H2/t7-/m1/s1. The van der Waals surface area contributed by atoms with Crippen LogP contribution >= 0.6 is 11.6 Å². The first-order valence-corrected chi connectivity index (χ1v) is 3.80. The molecule has 1 saturated heterocycles. The van der Waals surface area contributed by atoms with Gasteiger partial charge in [0.2, 0.25) is 0 Å². The van der Waals surface area contributed by atoms with E-state index in [4.69, 9.17) is 16.7 Å². The summed E-state index contributed by atoms with van der Waals surface area (Å²) in [7, 11) is 0. The van der Waals surface area contributed by atoms with E-state index in [0.717, 1.165) is 19.5 Å². The molecule has 0 spiro atoms. The van der Waals surface area contributed by atoms with Crippen LogP contribution in [0.2, 0.25) is 0 Å². The highest BCUT2D eigenvalue weighted by atomic mass is 35.5. The van der Waals surface area contributed by atoms with Gasteiger partial charge in [-0.25, -0.2) is 0 Å². The summed E-state index contributed by atoms with van der Waals surface area (Å²) in [5.74, 6) is 0. The van der Waals surface area contributed by atoms with Gasteiger partial charge >= 0.3 is 0 Å². The molecule has 1 aliphatic heterocycles. The van der Waals surface area contributed by atoms with Crippen LogP contribution in [-0.2, 0) is 0 Å². The average molecular weight is 162 g/mol. The molecule has 2 nitrogen and oxygen atoms in total. The van der Waals surface area contributed by atoms with Crippen molar-refractivity contribution in [2.75, 3.05) is 19.6 Å². The molecular formula is C7H12ClNO. The summed E-state index contributed by atoms with van der Waals surface area (Å²) in [5, 5.41) is 9.75. The second-order valence-corrected chi connectivity index (χ2v) is 3.23. The summed E-state index contributed by atoms with van der Waals surface area (Å²) >= 11 is 5.59. The van der Waals surface area contributed by atoms with Gasteiger partial charge in [-0.2, -0.15) is 0 Å². The fourth-order valence-corrected chi connectivity index (χ4v) is 1.37. The van der Waals surface area contributed by atoms with Crippen LogP contribution in [0.3, 0.4) is 0 Å². The first kappa shape index (κ1) is 8.05. The maximum Gasteiger partial charge on any atom is 0.0679 e. The number of likely N-dealkylation sites (tertiary alicyclic amines) is 1. The molecule has 3 heteroatoms. The van der Waals surface area contributed by atoms with Gasteiger partial charge in [-0.05, 0) is 6.42 Å². The Morgan fingerprint density at radius 1 is 1.80 bits per heavy atom. The summed E-state index contributed by atoms with van der Waals surface area (Å²) in [6.07, 6.45) is 0.709. The molecule has 0 aromatic heterocycles. The molecule has 0 aromatic rings. The highest BCUT2D eigenvalue weighted by Gasteiger charge is 2.19. The minimum atomic E-state index is -0.156. The van der Waals surface area contributed by atoms with Crippen molar-refractivity contribution < 1.29 is 5.11 Å². The van der Waals surface area contributed by atoms with Crippen LogP contribution in [0.1, 0.15) is 6.42 Å². The number of β-amino-alcohol motifs (C(OH)–C–C–N with tert-alkyl or cyclic N) is 1. The molecule has 1 heterocycles. The van der Waals surface area contributed by atoms with Crippen molar-refractivity contribution in [2.45, 2.75) is 12.5 Å². The van der Waals surface area contributed by atoms with E-state index < -0.39 is 0 Å². The molecule has 0 unspecified atom stereocenters. The van der Waals surface area contributed by atoms with E-state index in [1.54, 1.807) is 0 Å². The average Bonchev–Trinajstić information content (AvgIpc) is 2.13. The fourth-order valence-electron chi connectivity index (χ4n) is 1.20. The predicted octanol–water partition coefficient (Wildman–Crippen LogP) is 0.806. The maximum absolute atomic E-state index is 9.10. The molecule has 0 aliphatic carbocycles. The van der Waals surface area contributed by atoms with Gasteiger partial charge in [-0.15, -0.1) is 0 Å². The number of rotatable bonds is 2. The zero-order valence-corrected chi connectivity index (χ0v) is 6.64. The number of aliphatic hydroxyl groups is 1. The van der Waals surface area contributed by atoms with E-state index >= 15 is 0 Å². The lowest BCUT2D eigenvalue weighted by atomic mass is 10.3. The molecule has 10 heavy (non-hydrogen) atoms. The number of hydrogen-bond donors (Lipinski definition) is 1. The van der Waals surface area contributed by atoms with Crippen LogP contribution in [0.4, 0.5) is 0 Å². The van der Waals surface area contributed by atoms with E-state index in [9.17, 15) is 0 Å². The van der Waals surface area contributed by atoms with E-state index in [-0.39, 0.29) is 6.10 Å². The van der Waals surface area contributed by atoms with Crippen LogP contribution in [-0.4, -0.2) is 35.7 Å². The largest absolute Gasteiger partial charge is 0.392 e. The van der Waals surface area contributed by atoms with Gasteiger partial charge in [0.15, 0.2) is 0 Å². The van der Waals surface area contributed by atoms with Crippen LogP contribution in [0.25, 0.3) is 0 Å². The molecular weight excluding hydrogens is 150 g/mol. The van der Waals surface area contributed by atoms with Gasteiger partial charge in [0.05, 0.1) is 6.10 Å². The summed E-state index contributed by atoms with van der Waals surface area (Å²) in [4.78, 5) is 2.10. The van der Waals surface area contributed by atoms with Gasteiger partial charge < -0.3 is 5.11 Å². The van der Waals surface area contributed by atoms with E-state index in [1.165, 1.54) is 0 Å². The molecule has 1 atom stereocenters. The Morgan fingerprint density at radius 3 is 2.90 bits per heavy atom. The Kier molecular flexibility index (Phi) is 2.72. The van der Waals surface area contributed by atoms with Gasteiger partial charge in [0.25, 0.3) is 0 Å². The second kappa shape index (κ2) is 3.37. The van der Waals surface area contributed by atoms with Crippen molar-refractivity contribution in [2.24, 2.45) is 0 Å². The quantitative estimate of drug-likeness (QED) is 0.648. The van der Waals surface area contributed by atoms with Gasteiger partial charge in [-0.1, -0.05) is 18.2 Å². The van der Waals surface area contributed by atoms with Crippen LogP contribution in [0, 0.1) is 0 Å². The minimum absolute atomic E-state index is 0.156. The smallest absolute Gasteiger partial charge is 0.0679 e. The van der Waals surface area contributed by atoms with E-state index in [0.29, 0.717) is 11.6 Å². The van der Waals surface area contributed by atoms with Gasteiger partial charge in [-0.3, -0.25) is 4.90 Å². The third-order valence-electron chi connectivity index (χ3n) is 1.64. The zero-order chi connectivity index (χ0) is 7.56. The van der Waals surface area contributed by atoms with Crippen molar-refractivity contribution in [3.8, 4) is 0 Å². The lowest BCUT2D eigenvalue weighted by Crippen LogP contribution is -2.23. The Balaban J connectivity index is 2.24. The highest BCUT2D eigenvalue weighted by molar-refractivity contribution is 6.29. The maximum atomic E-state index is 9.10. The third-order valence-corrected chi connectivity index (χ3v) is 1.76. The number of hydrogen-bond acceptors (Lipinski definition) is 2. The Bertz CT molecular complexity index is 138. The van der Waals surface area contributed by atoms with Gasteiger partial charge in [0.1, 0.15) is 0 Å². The zero-order valence-electron chi connectivity index (χ0n) is 5.89. The molecule has 0 aromatic carbocycles. The van der Waals surface area contributed by atoms with E-state index in [1.807, 2.05) is 0 Å². The molecule has 0 bridgehead atoms. The van der Waals surface area contributed by atoms with Crippen LogP contribution < -0.4 is 0 Å². The molecule has 0 radical (unpaired) electrons. The van der Waals surface area contributed by atoms with Crippen LogP contribution in [0.15, 0.2) is 11.6 Å². The van der Waals surface area contributed by atoms with Crippen molar-refractivity contribution in [1.29, 1.82) is 0 Å². The lowest BCUT2D eigenvalue weighted by molar-refractivity contribution is 0.179. The topological polar surface area (TPSA) is 23.5 Å². The molecule has 1 aliphatic rings. The van der Waals surface area contributed by atoms with Crippen molar-refractivity contribution in [3.05, 3.63) is 11.6 Å². The fraction of sp³-hybridized carbons (Fsp3) is 0.714. The normalized spacial score (nSPS) is 27.2. The number of nitrogens with zero attached hydrogens (tertiary/aromatic N) is 1. The third kappa shape index (κ3) is 2.29. The van der Waals surface area contributed by atoms with Crippen LogP contribution in [0.5, 0.6) is 0 Å².